The van der Waals surface area contributed by atoms with E-state index < -0.39 is 10.0 Å². The van der Waals surface area contributed by atoms with Gasteiger partial charge in [0.1, 0.15) is 4.90 Å². The average molecular weight is 278 g/mol. The van der Waals surface area contributed by atoms with Crippen molar-refractivity contribution in [3.05, 3.63) is 36.5 Å². The van der Waals surface area contributed by atoms with Gasteiger partial charge < -0.3 is 0 Å². The van der Waals surface area contributed by atoms with Crippen molar-refractivity contribution >= 4 is 20.9 Å². The van der Waals surface area contributed by atoms with Crippen LogP contribution in [0.2, 0.25) is 0 Å². The Balaban J connectivity index is 2.28. The molecule has 0 atom stereocenters. The van der Waals surface area contributed by atoms with Crippen LogP contribution in [0, 0.1) is 0 Å². The maximum atomic E-state index is 12.3. The molecule has 0 bridgehead atoms. The Labute approximate surface area is 113 Å². The number of pyridine rings is 1. The van der Waals surface area contributed by atoms with E-state index in [0.29, 0.717) is 12.1 Å². The molecule has 0 fully saturated rings. The van der Waals surface area contributed by atoms with Crippen LogP contribution in [0.4, 0.5) is 0 Å². The summed E-state index contributed by atoms with van der Waals surface area (Å²) < 4.78 is 27.2. The van der Waals surface area contributed by atoms with Crippen LogP contribution >= 0.6 is 0 Å². The molecule has 1 heterocycles. The van der Waals surface area contributed by atoms with E-state index in [4.69, 9.17) is 0 Å². The summed E-state index contributed by atoms with van der Waals surface area (Å²) in [5.74, 6) is 0. The first kappa shape index (κ1) is 14.0. The predicted molar refractivity (Wildman–Crippen MR) is 76.5 cm³/mol. The Morgan fingerprint density at radius 1 is 1.16 bits per heavy atom. The number of unbranched alkanes of at least 4 members (excludes halogenated alkanes) is 2. The van der Waals surface area contributed by atoms with Gasteiger partial charge in [-0.1, -0.05) is 38.0 Å². The van der Waals surface area contributed by atoms with Gasteiger partial charge in [0.25, 0.3) is 0 Å². The fourth-order valence-corrected chi connectivity index (χ4v) is 3.20. The van der Waals surface area contributed by atoms with Gasteiger partial charge in [0, 0.05) is 18.1 Å². The fourth-order valence-electron chi connectivity index (χ4n) is 1.95. The van der Waals surface area contributed by atoms with Crippen molar-refractivity contribution in [2.24, 2.45) is 0 Å². The molecule has 0 radical (unpaired) electrons. The topological polar surface area (TPSA) is 59.1 Å². The number of sulfonamides is 1. The van der Waals surface area contributed by atoms with Gasteiger partial charge in [-0.05, 0) is 18.6 Å². The number of benzene rings is 1. The van der Waals surface area contributed by atoms with E-state index in [9.17, 15) is 8.42 Å². The first-order valence-electron chi connectivity index (χ1n) is 6.48. The highest BCUT2D eigenvalue weighted by molar-refractivity contribution is 7.89. The molecular weight excluding hydrogens is 260 g/mol. The molecule has 19 heavy (non-hydrogen) atoms. The lowest BCUT2D eigenvalue weighted by molar-refractivity contribution is 0.576. The molecule has 0 amide bonds. The summed E-state index contributed by atoms with van der Waals surface area (Å²) in [6.45, 7) is 2.56. The smallest absolute Gasteiger partial charge is 0.242 e. The van der Waals surface area contributed by atoms with Gasteiger partial charge in [-0.2, -0.15) is 0 Å². The zero-order valence-corrected chi connectivity index (χ0v) is 11.8. The summed E-state index contributed by atoms with van der Waals surface area (Å²) in [5, 5.41) is 0.832. The van der Waals surface area contributed by atoms with Gasteiger partial charge in [-0.3, -0.25) is 4.98 Å². The van der Waals surface area contributed by atoms with Gasteiger partial charge in [0.2, 0.25) is 10.0 Å². The maximum absolute atomic E-state index is 12.3. The van der Waals surface area contributed by atoms with E-state index in [1.165, 1.54) is 0 Å². The molecule has 102 valence electrons. The summed E-state index contributed by atoms with van der Waals surface area (Å²) in [5.41, 5.74) is 0.521. The van der Waals surface area contributed by atoms with Crippen LogP contribution < -0.4 is 4.72 Å². The fraction of sp³-hybridized carbons (Fsp3) is 0.357. The van der Waals surface area contributed by atoms with Crippen molar-refractivity contribution in [3.8, 4) is 0 Å². The third-order valence-electron chi connectivity index (χ3n) is 2.96. The molecular formula is C14H18N2O2S. The number of hydrogen-bond acceptors (Lipinski definition) is 3. The second-order valence-corrected chi connectivity index (χ2v) is 6.17. The second-order valence-electron chi connectivity index (χ2n) is 4.44. The second kappa shape index (κ2) is 6.12. The molecule has 0 saturated heterocycles. The monoisotopic (exact) mass is 278 g/mol. The number of nitrogens with zero attached hydrogens (tertiary/aromatic N) is 1. The molecule has 1 aromatic heterocycles. The SMILES string of the molecule is CCCCCNS(=O)(=O)c1cccc2cccnc12. The molecule has 0 saturated carbocycles. The molecule has 0 aliphatic rings. The zero-order valence-electron chi connectivity index (χ0n) is 11.0. The number of hydrogen-bond donors (Lipinski definition) is 1. The van der Waals surface area contributed by atoms with Crippen molar-refractivity contribution in [1.82, 2.24) is 9.71 Å². The van der Waals surface area contributed by atoms with Crippen molar-refractivity contribution in [2.75, 3.05) is 6.54 Å². The lowest BCUT2D eigenvalue weighted by atomic mass is 10.2. The summed E-state index contributed by atoms with van der Waals surface area (Å²) in [6, 6.07) is 8.85. The Bertz CT molecular complexity index is 648. The van der Waals surface area contributed by atoms with Crippen molar-refractivity contribution in [2.45, 2.75) is 31.1 Å². The third-order valence-corrected chi connectivity index (χ3v) is 4.45. The summed E-state index contributed by atoms with van der Waals surface area (Å²) >= 11 is 0. The molecule has 2 rings (SSSR count). The molecule has 0 aliphatic heterocycles. The molecule has 2 aromatic rings. The molecule has 1 N–H and O–H groups in total. The average Bonchev–Trinajstić information content (AvgIpc) is 2.43. The lowest BCUT2D eigenvalue weighted by Crippen LogP contribution is -2.25. The number of fused-ring (bicyclic) bond motifs is 1. The van der Waals surface area contributed by atoms with E-state index in [-0.39, 0.29) is 4.90 Å². The Kier molecular flexibility index (Phi) is 4.50. The van der Waals surface area contributed by atoms with Gasteiger partial charge in [0.15, 0.2) is 0 Å². The maximum Gasteiger partial charge on any atom is 0.242 e. The van der Waals surface area contributed by atoms with Gasteiger partial charge >= 0.3 is 0 Å². The van der Waals surface area contributed by atoms with Crippen molar-refractivity contribution < 1.29 is 8.42 Å². The summed E-state index contributed by atoms with van der Waals surface area (Å²) in [6.07, 6.45) is 4.56. The van der Waals surface area contributed by atoms with Crippen LogP contribution in [0.1, 0.15) is 26.2 Å². The molecule has 5 heteroatoms. The summed E-state index contributed by atoms with van der Waals surface area (Å²) in [4.78, 5) is 4.42. The third kappa shape index (κ3) is 3.30. The van der Waals surface area contributed by atoms with Crippen LogP contribution in [-0.2, 0) is 10.0 Å². The predicted octanol–water partition coefficient (Wildman–Crippen LogP) is 2.70. The van der Waals surface area contributed by atoms with Crippen LogP contribution in [0.5, 0.6) is 0 Å². The van der Waals surface area contributed by atoms with Crippen LogP contribution in [0.15, 0.2) is 41.4 Å². The van der Waals surface area contributed by atoms with E-state index in [1.807, 2.05) is 12.1 Å². The molecule has 1 aromatic carbocycles. The lowest BCUT2D eigenvalue weighted by Gasteiger charge is -2.08. The number of para-hydroxylation sites is 1. The quantitative estimate of drug-likeness (QED) is 0.826. The minimum Gasteiger partial charge on any atom is -0.255 e. The Morgan fingerprint density at radius 3 is 2.74 bits per heavy atom. The minimum absolute atomic E-state index is 0.252. The zero-order chi connectivity index (χ0) is 13.7. The Hall–Kier alpha value is -1.46. The standard InChI is InChI=1S/C14H18N2O2S/c1-2-3-4-11-16-19(17,18)13-9-5-7-12-8-6-10-15-14(12)13/h5-10,16H,2-4,11H2,1H3. The Morgan fingerprint density at radius 2 is 1.95 bits per heavy atom. The van der Waals surface area contributed by atoms with Gasteiger partial charge in [0.05, 0.1) is 5.52 Å². The normalized spacial score (nSPS) is 11.8. The number of rotatable bonds is 6. The van der Waals surface area contributed by atoms with E-state index in [2.05, 4.69) is 16.6 Å². The highest BCUT2D eigenvalue weighted by atomic mass is 32.2. The number of aromatic nitrogens is 1. The van der Waals surface area contributed by atoms with Gasteiger partial charge in [-0.25, -0.2) is 13.1 Å². The first-order valence-corrected chi connectivity index (χ1v) is 7.97. The first-order chi connectivity index (χ1) is 9.15. The molecule has 0 unspecified atom stereocenters. The van der Waals surface area contributed by atoms with Crippen LogP contribution in [-0.4, -0.2) is 19.9 Å². The van der Waals surface area contributed by atoms with Crippen LogP contribution in [0.25, 0.3) is 10.9 Å². The highest BCUT2D eigenvalue weighted by Crippen LogP contribution is 2.20. The van der Waals surface area contributed by atoms with Crippen LogP contribution in [0.3, 0.4) is 0 Å². The van der Waals surface area contributed by atoms with E-state index in [0.717, 1.165) is 24.6 Å². The van der Waals surface area contributed by atoms with E-state index >= 15 is 0 Å². The molecule has 0 spiro atoms. The van der Waals surface area contributed by atoms with Crippen molar-refractivity contribution in [1.29, 1.82) is 0 Å². The molecule has 4 nitrogen and oxygen atoms in total. The largest absolute Gasteiger partial charge is 0.255 e. The molecule has 0 aliphatic carbocycles. The summed E-state index contributed by atoms with van der Waals surface area (Å²) in [7, 11) is -3.48. The highest BCUT2D eigenvalue weighted by Gasteiger charge is 2.17. The van der Waals surface area contributed by atoms with Crippen molar-refractivity contribution in [3.63, 3.8) is 0 Å². The van der Waals surface area contributed by atoms with Gasteiger partial charge in [-0.15, -0.1) is 0 Å². The number of nitrogens with one attached hydrogen (secondary N) is 1. The minimum atomic E-state index is -3.48. The van der Waals surface area contributed by atoms with E-state index in [1.54, 1.807) is 24.4 Å².